The minimum absolute atomic E-state index is 0.0334. The van der Waals surface area contributed by atoms with Crippen molar-refractivity contribution >= 4 is 7.06 Å². The molecule has 2 aromatic carbocycles. The van der Waals surface area contributed by atoms with Crippen molar-refractivity contribution in [1.82, 2.24) is 0 Å². The zero-order valence-electron chi connectivity index (χ0n) is 14.9. The summed E-state index contributed by atoms with van der Waals surface area (Å²) < 4.78 is 132. The van der Waals surface area contributed by atoms with E-state index in [0.717, 1.165) is 12.1 Å². The number of hydrogen-bond acceptors (Lipinski definition) is 2. The summed E-state index contributed by atoms with van der Waals surface area (Å²) in [7, 11) is -6.58. The van der Waals surface area contributed by atoms with E-state index in [2.05, 4.69) is 0 Å². The maximum atomic E-state index is 13.5. The molecule has 0 aliphatic carbocycles. The molecular weight excluding hydrogens is 450 g/mol. The normalized spacial score (nSPS) is 19.2. The second kappa shape index (κ2) is 6.93. The van der Waals surface area contributed by atoms with Gasteiger partial charge in [-0.1, -0.05) is 0 Å². The van der Waals surface area contributed by atoms with Crippen molar-refractivity contribution in [3.63, 3.8) is 0 Å². The minimum atomic E-state index is -6.58. The van der Waals surface area contributed by atoms with Crippen LogP contribution in [0.3, 0.4) is 0 Å². The SMILES string of the molecule is FC(F)(F)CP1(CC(F)(F)F)(CC(F)(F)F)Oc2ccccc2-c2ccccc2O1. The second-order valence-corrected chi connectivity index (χ2v) is 11.4. The summed E-state index contributed by atoms with van der Waals surface area (Å²) in [6.45, 7) is 0. The Balaban J connectivity index is 2.39. The van der Waals surface area contributed by atoms with Gasteiger partial charge in [-0.25, -0.2) is 0 Å². The van der Waals surface area contributed by atoms with Crippen LogP contribution in [0, 0.1) is 0 Å². The number of halogens is 9. The standard InChI is InChI=1S/C18H14F9O2P/c19-16(20,21)9-30(10-17(22,23)24,11-18(25,26)27)28-14-7-3-1-5-12(14)13-6-2-4-8-15(13)29-30/h1-8H,9-11H2. The molecule has 0 saturated carbocycles. The molecule has 0 saturated heterocycles. The third-order valence-electron chi connectivity index (χ3n) is 4.32. The van der Waals surface area contributed by atoms with Gasteiger partial charge in [-0.3, -0.25) is 0 Å². The maximum absolute atomic E-state index is 13.5. The summed E-state index contributed by atoms with van der Waals surface area (Å²) in [5.41, 5.74) is 0.0669. The summed E-state index contributed by atoms with van der Waals surface area (Å²) in [5, 5.41) is 0. The molecule has 0 unspecified atom stereocenters. The van der Waals surface area contributed by atoms with Gasteiger partial charge in [0.25, 0.3) is 0 Å². The van der Waals surface area contributed by atoms with Gasteiger partial charge in [0.2, 0.25) is 0 Å². The molecule has 0 atom stereocenters. The van der Waals surface area contributed by atoms with Crippen molar-refractivity contribution in [3.05, 3.63) is 48.5 Å². The van der Waals surface area contributed by atoms with Gasteiger partial charge in [0.05, 0.1) is 0 Å². The van der Waals surface area contributed by atoms with Crippen molar-refractivity contribution in [1.29, 1.82) is 0 Å². The predicted octanol–water partition coefficient (Wildman–Crippen LogP) is 7.20. The molecule has 0 N–H and O–H groups in total. The quantitative estimate of drug-likeness (QED) is 0.354. The molecule has 0 spiro atoms. The van der Waals surface area contributed by atoms with Crippen LogP contribution in [0.15, 0.2) is 48.5 Å². The molecule has 0 aromatic heterocycles. The molecule has 1 aliphatic heterocycles. The fraction of sp³-hybridized carbons (Fsp3) is 0.333. The summed E-state index contributed by atoms with van der Waals surface area (Å²) >= 11 is 0. The molecule has 1 heterocycles. The van der Waals surface area contributed by atoms with Crippen molar-refractivity contribution in [2.24, 2.45) is 0 Å². The fourth-order valence-electron chi connectivity index (χ4n) is 3.61. The number of rotatable bonds is 3. The summed E-state index contributed by atoms with van der Waals surface area (Å²) in [4.78, 5) is 0. The molecule has 166 valence electrons. The third-order valence-corrected chi connectivity index (χ3v) is 8.83. The zero-order chi connectivity index (χ0) is 22.4. The van der Waals surface area contributed by atoms with E-state index in [1.165, 1.54) is 36.4 Å². The molecule has 12 heteroatoms. The average Bonchev–Trinajstić information content (AvgIpc) is 2.61. The Morgan fingerprint density at radius 3 is 1.13 bits per heavy atom. The van der Waals surface area contributed by atoms with E-state index in [9.17, 15) is 39.5 Å². The Hall–Kier alpha value is -2.16. The van der Waals surface area contributed by atoms with E-state index in [-0.39, 0.29) is 11.1 Å². The molecule has 0 fully saturated rings. The van der Waals surface area contributed by atoms with Gasteiger partial charge < -0.3 is 0 Å². The van der Waals surface area contributed by atoms with E-state index in [0.29, 0.717) is 0 Å². The molecule has 3 rings (SSSR count). The molecule has 0 bridgehead atoms. The van der Waals surface area contributed by atoms with Gasteiger partial charge in [-0.05, 0) is 0 Å². The molecule has 0 radical (unpaired) electrons. The summed E-state index contributed by atoms with van der Waals surface area (Å²) in [6.07, 6.45) is -23.8. The second-order valence-electron chi connectivity index (χ2n) is 7.01. The van der Waals surface area contributed by atoms with Crippen LogP contribution in [0.5, 0.6) is 11.5 Å². The Morgan fingerprint density at radius 2 is 0.833 bits per heavy atom. The molecule has 2 nitrogen and oxygen atoms in total. The third kappa shape index (κ3) is 4.94. The van der Waals surface area contributed by atoms with Crippen LogP contribution in [0.2, 0.25) is 0 Å². The predicted molar refractivity (Wildman–Crippen MR) is 92.8 cm³/mol. The summed E-state index contributed by atoms with van der Waals surface area (Å²) in [5.74, 6) is -1.06. The number of hydrogen-bond donors (Lipinski definition) is 0. The van der Waals surface area contributed by atoms with E-state index in [1.54, 1.807) is 0 Å². The molecule has 30 heavy (non-hydrogen) atoms. The topological polar surface area (TPSA) is 18.5 Å². The van der Waals surface area contributed by atoms with Crippen LogP contribution in [0.4, 0.5) is 39.5 Å². The Bertz CT molecular complexity index is 839. The van der Waals surface area contributed by atoms with Crippen molar-refractivity contribution in [2.75, 3.05) is 18.5 Å². The van der Waals surface area contributed by atoms with Crippen molar-refractivity contribution in [2.45, 2.75) is 18.5 Å². The first-order chi connectivity index (χ1) is 13.6. The number of benzene rings is 2. The van der Waals surface area contributed by atoms with Crippen LogP contribution in [0.25, 0.3) is 11.1 Å². The number of alkyl halides is 9. The van der Waals surface area contributed by atoms with Crippen LogP contribution in [0.1, 0.15) is 0 Å². The number of para-hydroxylation sites is 2. The first-order valence-electron chi connectivity index (χ1n) is 8.39. The first-order valence-corrected chi connectivity index (χ1v) is 11.0. The molecule has 0 amide bonds. The van der Waals surface area contributed by atoms with Gasteiger partial charge in [-0.15, -0.1) is 0 Å². The number of fused-ring (bicyclic) bond motifs is 3. The van der Waals surface area contributed by atoms with Gasteiger partial charge in [-0.2, -0.15) is 0 Å². The van der Waals surface area contributed by atoms with Gasteiger partial charge in [0, 0.05) is 0 Å². The molecule has 2 aromatic rings. The van der Waals surface area contributed by atoms with E-state index < -0.39 is 55.6 Å². The monoisotopic (exact) mass is 464 g/mol. The van der Waals surface area contributed by atoms with Crippen molar-refractivity contribution in [3.8, 4) is 22.6 Å². The van der Waals surface area contributed by atoms with Crippen LogP contribution in [-0.4, -0.2) is 37.0 Å². The zero-order valence-corrected chi connectivity index (χ0v) is 15.8. The first kappa shape index (κ1) is 22.5. The fourth-order valence-corrected chi connectivity index (χ4v) is 8.09. The van der Waals surface area contributed by atoms with E-state index in [1.807, 2.05) is 0 Å². The van der Waals surface area contributed by atoms with Crippen LogP contribution < -0.4 is 9.05 Å². The van der Waals surface area contributed by atoms with E-state index >= 15 is 0 Å². The Morgan fingerprint density at radius 1 is 0.533 bits per heavy atom. The van der Waals surface area contributed by atoms with Gasteiger partial charge >= 0.3 is 164 Å². The molecular formula is C18H14F9O2P. The Labute approximate surface area is 164 Å². The van der Waals surface area contributed by atoms with Gasteiger partial charge in [0.1, 0.15) is 0 Å². The average molecular weight is 464 g/mol. The summed E-state index contributed by atoms with van der Waals surface area (Å²) in [6, 6.07) is 10.1. The van der Waals surface area contributed by atoms with Crippen molar-refractivity contribution < 1.29 is 48.6 Å². The van der Waals surface area contributed by atoms with Crippen LogP contribution in [-0.2, 0) is 0 Å². The Kier molecular flexibility index (Phi) is 5.21. The van der Waals surface area contributed by atoms with Gasteiger partial charge in [0.15, 0.2) is 0 Å². The van der Waals surface area contributed by atoms with E-state index in [4.69, 9.17) is 9.05 Å². The molecule has 1 aliphatic rings. The van der Waals surface area contributed by atoms with Crippen LogP contribution >= 0.6 is 7.06 Å².